The molecule has 0 aromatic heterocycles. The molecule has 0 radical (unpaired) electrons. The van der Waals surface area contributed by atoms with Gasteiger partial charge >= 0.3 is 0 Å². The molecule has 1 aliphatic rings. The van der Waals surface area contributed by atoms with Crippen molar-refractivity contribution in [2.45, 2.75) is 0 Å². The molecule has 4 nitrogen and oxygen atoms in total. The van der Waals surface area contributed by atoms with Crippen LogP contribution in [-0.4, -0.2) is 31.5 Å². The first-order chi connectivity index (χ1) is 11.3. The van der Waals surface area contributed by atoms with Crippen LogP contribution in [0.4, 0.5) is 0 Å². The Kier molecular flexibility index (Phi) is 6.34. The van der Waals surface area contributed by atoms with Crippen LogP contribution in [0.5, 0.6) is 0 Å². The minimum Gasteiger partial charge on any atom is -0.286 e. The first-order valence-electron chi connectivity index (χ1n) is 6.94. The highest BCUT2D eigenvalue weighted by atomic mass is 79.9. The number of benzene rings is 2. The summed E-state index contributed by atoms with van der Waals surface area (Å²) >= 11 is 9.75. The van der Waals surface area contributed by atoms with Crippen LogP contribution >= 0.6 is 27.5 Å². The maximum atomic E-state index is 9.19. The lowest BCUT2D eigenvalue weighted by Gasteiger charge is -2.11. The summed E-state index contributed by atoms with van der Waals surface area (Å²) in [5.74, 6) is 0. The minimum atomic E-state index is -3.67. The van der Waals surface area contributed by atoms with Crippen LogP contribution in [0.3, 0.4) is 0 Å². The molecule has 3 rings (SSSR count). The molecule has 0 amide bonds. The van der Waals surface area contributed by atoms with Crippen LogP contribution in [0, 0.1) is 0 Å². The Morgan fingerprint density at radius 2 is 1.75 bits per heavy atom. The standard InChI is InChI=1S/C16H11BrClN.CH4O3S/c17-15-8-9-19-16(11-4-2-1-3-5-11)14-10-12(18)6-7-13(14)15;1-5(2,3)4/h1-8,10H,9H2;1H3,(H,2,3,4). The van der Waals surface area contributed by atoms with E-state index in [2.05, 4.69) is 39.1 Å². The summed E-state index contributed by atoms with van der Waals surface area (Å²) in [6.45, 7) is 0.664. The Hall–Kier alpha value is -1.47. The Bertz CT molecular complexity index is 885. The second-order valence-electron chi connectivity index (χ2n) is 5.03. The molecule has 1 N–H and O–H groups in total. The quantitative estimate of drug-likeness (QED) is 0.683. The molecular formula is C17H15BrClNO3S. The number of hydrogen-bond donors (Lipinski definition) is 1. The van der Waals surface area contributed by atoms with Gasteiger partial charge in [-0.3, -0.25) is 9.55 Å². The maximum absolute atomic E-state index is 9.19. The fourth-order valence-electron chi connectivity index (χ4n) is 2.18. The fraction of sp³-hybridized carbons (Fsp3) is 0.118. The first-order valence-corrected chi connectivity index (χ1v) is 9.96. The third kappa shape index (κ3) is 5.56. The van der Waals surface area contributed by atoms with E-state index in [0.717, 1.165) is 31.9 Å². The molecule has 2 aromatic carbocycles. The van der Waals surface area contributed by atoms with E-state index in [4.69, 9.17) is 16.2 Å². The molecule has 2 aromatic rings. The average molecular weight is 429 g/mol. The summed E-state index contributed by atoms with van der Waals surface area (Å²) in [6.07, 6.45) is 2.79. The van der Waals surface area contributed by atoms with Crippen molar-refractivity contribution in [1.82, 2.24) is 0 Å². The molecule has 0 aliphatic carbocycles. The van der Waals surface area contributed by atoms with Gasteiger partial charge in [-0.05, 0) is 23.8 Å². The van der Waals surface area contributed by atoms with Crippen LogP contribution < -0.4 is 0 Å². The van der Waals surface area contributed by atoms with Crippen LogP contribution in [0.15, 0.2) is 59.6 Å². The van der Waals surface area contributed by atoms with Gasteiger partial charge < -0.3 is 0 Å². The Morgan fingerprint density at radius 1 is 1.12 bits per heavy atom. The highest BCUT2D eigenvalue weighted by molar-refractivity contribution is 9.15. The van der Waals surface area contributed by atoms with Crippen molar-refractivity contribution in [2.24, 2.45) is 4.99 Å². The summed E-state index contributed by atoms with van der Waals surface area (Å²) < 4.78 is 26.9. The number of fused-ring (bicyclic) bond motifs is 1. The third-order valence-corrected chi connectivity index (χ3v) is 4.05. The minimum absolute atomic E-state index is 0.664. The predicted molar refractivity (Wildman–Crippen MR) is 103 cm³/mol. The molecule has 1 heterocycles. The van der Waals surface area contributed by atoms with Gasteiger partial charge in [0.1, 0.15) is 0 Å². The van der Waals surface area contributed by atoms with Gasteiger partial charge in [0.15, 0.2) is 0 Å². The van der Waals surface area contributed by atoms with E-state index < -0.39 is 10.1 Å². The van der Waals surface area contributed by atoms with Gasteiger partial charge in [-0.15, -0.1) is 0 Å². The summed E-state index contributed by atoms with van der Waals surface area (Å²) in [5.41, 5.74) is 4.30. The van der Waals surface area contributed by atoms with Crippen LogP contribution in [0.1, 0.15) is 16.7 Å². The van der Waals surface area contributed by atoms with Crippen LogP contribution in [-0.2, 0) is 10.1 Å². The van der Waals surface area contributed by atoms with Crippen LogP contribution in [0.25, 0.3) is 4.48 Å². The zero-order valence-corrected chi connectivity index (χ0v) is 15.9. The molecule has 24 heavy (non-hydrogen) atoms. The van der Waals surface area contributed by atoms with Gasteiger partial charge in [-0.25, -0.2) is 0 Å². The van der Waals surface area contributed by atoms with E-state index in [1.54, 1.807) is 0 Å². The molecule has 0 saturated carbocycles. The lowest BCUT2D eigenvalue weighted by molar-refractivity contribution is 0.490. The molecule has 0 fully saturated rings. The second kappa shape index (κ2) is 8.07. The van der Waals surface area contributed by atoms with E-state index in [-0.39, 0.29) is 0 Å². The highest BCUT2D eigenvalue weighted by Crippen LogP contribution is 2.31. The van der Waals surface area contributed by atoms with Crippen molar-refractivity contribution in [1.29, 1.82) is 0 Å². The lowest BCUT2D eigenvalue weighted by Crippen LogP contribution is -2.05. The molecule has 0 unspecified atom stereocenters. The molecule has 126 valence electrons. The molecular weight excluding hydrogens is 414 g/mol. The normalized spacial score (nSPS) is 13.7. The number of aliphatic imine (C=N–C) groups is 1. The fourth-order valence-corrected chi connectivity index (χ4v) is 2.84. The van der Waals surface area contributed by atoms with Crippen LogP contribution in [0.2, 0.25) is 5.02 Å². The Balaban J connectivity index is 0.000000368. The van der Waals surface area contributed by atoms with Gasteiger partial charge in [0.05, 0.1) is 18.5 Å². The monoisotopic (exact) mass is 427 g/mol. The highest BCUT2D eigenvalue weighted by Gasteiger charge is 2.16. The largest absolute Gasteiger partial charge is 0.286 e. The lowest BCUT2D eigenvalue weighted by atomic mass is 9.98. The second-order valence-corrected chi connectivity index (χ2v) is 7.79. The van der Waals surface area contributed by atoms with Crippen molar-refractivity contribution < 1.29 is 13.0 Å². The molecule has 0 saturated heterocycles. The first kappa shape index (κ1) is 18.9. The number of halogens is 2. The van der Waals surface area contributed by atoms with Crippen molar-refractivity contribution in [2.75, 3.05) is 12.8 Å². The van der Waals surface area contributed by atoms with Gasteiger partial charge in [0.2, 0.25) is 0 Å². The maximum Gasteiger partial charge on any atom is 0.261 e. The summed E-state index contributed by atoms with van der Waals surface area (Å²) in [7, 11) is -3.67. The van der Waals surface area contributed by atoms with E-state index in [1.165, 1.54) is 0 Å². The average Bonchev–Trinajstić information content (AvgIpc) is 2.65. The Morgan fingerprint density at radius 3 is 2.38 bits per heavy atom. The summed E-state index contributed by atoms with van der Waals surface area (Å²) in [4.78, 5) is 4.68. The third-order valence-electron chi connectivity index (χ3n) is 3.06. The number of rotatable bonds is 1. The predicted octanol–water partition coefficient (Wildman–Crippen LogP) is 4.43. The zero-order valence-electron chi connectivity index (χ0n) is 12.8. The van der Waals surface area contributed by atoms with Gasteiger partial charge in [-0.2, -0.15) is 8.42 Å². The van der Waals surface area contributed by atoms with Gasteiger partial charge in [0.25, 0.3) is 10.1 Å². The molecule has 7 heteroatoms. The number of nitrogens with zero attached hydrogens (tertiary/aromatic N) is 1. The zero-order chi connectivity index (χ0) is 17.7. The van der Waals surface area contributed by atoms with Crippen molar-refractivity contribution >= 4 is 47.8 Å². The molecule has 0 spiro atoms. The van der Waals surface area contributed by atoms with Crippen molar-refractivity contribution in [3.05, 3.63) is 76.3 Å². The Labute approximate surface area is 154 Å². The van der Waals surface area contributed by atoms with Gasteiger partial charge in [0, 0.05) is 20.6 Å². The van der Waals surface area contributed by atoms with Crippen molar-refractivity contribution in [3.8, 4) is 0 Å². The van der Waals surface area contributed by atoms with Gasteiger partial charge in [-0.1, -0.05) is 63.9 Å². The number of hydrogen-bond acceptors (Lipinski definition) is 3. The van der Waals surface area contributed by atoms with E-state index in [9.17, 15) is 8.42 Å². The topological polar surface area (TPSA) is 66.7 Å². The molecule has 0 bridgehead atoms. The SMILES string of the molecule is CS(=O)(=O)O.Clc1ccc2c(c1)C(c1ccccc1)=NCC=C2Br. The smallest absolute Gasteiger partial charge is 0.261 e. The molecule has 1 aliphatic heterocycles. The van der Waals surface area contributed by atoms with E-state index in [0.29, 0.717) is 12.8 Å². The molecule has 0 atom stereocenters. The summed E-state index contributed by atoms with van der Waals surface area (Å²) in [5, 5.41) is 0.726. The van der Waals surface area contributed by atoms with E-state index in [1.807, 2.05) is 36.4 Å². The van der Waals surface area contributed by atoms with Crippen molar-refractivity contribution in [3.63, 3.8) is 0 Å². The summed E-state index contributed by atoms with van der Waals surface area (Å²) in [6, 6.07) is 16.1. The van der Waals surface area contributed by atoms with E-state index >= 15 is 0 Å².